The molecular formula is C19H23FN2S. The zero-order chi connectivity index (χ0) is 16.9. The summed E-state index contributed by atoms with van der Waals surface area (Å²) >= 11 is 5.29. The first kappa shape index (κ1) is 17.4. The van der Waals surface area contributed by atoms with Crippen LogP contribution >= 0.6 is 12.2 Å². The highest BCUT2D eigenvalue weighted by Gasteiger charge is 2.23. The van der Waals surface area contributed by atoms with E-state index in [0.717, 1.165) is 6.42 Å². The normalized spacial score (nSPS) is 12.5. The molecule has 0 radical (unpaired) electrons. The summed E-state index contributed by atoms with van der Waals surface area (Å²) in [7, 11) is 0. The summed E-state index contributed by atoms with van der Waals surface area (Å²) in [6.45, 7) is 6.52. The molecular weight excluding hydrogens is 307 g/mol. The highest BCUT2D eigenvalue weighted by atomic mass is 32.1. The van der Waals surface area contributed by atoms with Gasteiger partial charge in [-0.1, -0.05) is 56.3 Å². The van der Waals surface area contributed by atoms with Crippen LogP contribution < -0.4 is 10.6 Å². The van der Waals surface area contributed by atoms with Gasteiger partial charge in [-0.25, -0.2) is 4.39 Å². The van der Waals surface area contributed by atoms with E-state index >= 15 is 0 Å². The van der Waals surface area contributed by atoms with Crippen molar-refractivity contribution >= 4 is 23.0 Å². The van der Waals surface area contributed by atoms with E-state index in [-0.39, 0.29) is 17.3 Å². The average molecular weight is 330 g/mol. The second kappa shape index (κ2) is 7.55. The Bertz CT molecular complexity index is 655. The molecule has 0 aliphatic rings. The number of anilines is 1. The molecule has 122 valence electrons. The summed E-state index contributed by atoms with van der Waals surface area (Å²) in [6, 6.07) is 17.1. The summed E-state index contributed by atoms with van der Waals surface area (Å²) in [6.07, 6.45) is 0.913. The summed E-state index contributed by atoms with van der Waals surface area (Å²) < 4.78 is 13.6. The SMILES string of the molecule is CC(CC(C)(C)c1ccccc1)NC(=S)Nc1ccccc1F. The van der Waals surface area contributed by atoms with Crippen LogP contribution in [0.3, 0.4) is 0 Å². The maximum absolute atomic E-state index is 13.6. The number of halogens is 1. The van der Waals surface area contributed by atoms with Crippen molar-refractivity contribution in [3.8, 4) is 0 Å². The van der Waals surface area contributed by atoms with Crippen molar-refractivity contribution in [2.24, 2.45) is 0 Å². The minimum absolute atomic E-state index is 0.0291. The Morgan fingerprint density at radius 2 is 1.70 bits per heavy atom. The molecule has 2 nitrogen and oxygen atoms in total. The van der Waals surface area contributed by atoms with Gasteiger partial charge in [0.25, 0.3) is 0 Å². The Balaban J connectivity index is 1.93. The van der Waals surface area contributed by atoms with Crippen molar-refractivity contribution in [3.63, 3.8) is 0 Å². The molecule has 0 saturated heterocycles. The lowest BCUT2D eigenvalue weighted by Gasteiger charge is -2.29. The molecule has 0 bridgehead atoms. The zero-order valence-corrected chi connectivity index (χ0v) is 14.6. The fraction of sp³-hybridized carbons (Fsp3) is 0.316. The predicted octanol–water partition coefficient (Wildman–Crippen LogP) is 4.87. The molecule has 2 N–H and O–H groups in total. The summed E-state index contributed by atoms with van der Waals surface area (Å²) in [5, 5.41) is 6.58. The van der Waals surface area contributed by atoms with Crippen LogP contribution in [0.5, 0.6) is 0 Å². The highest BCUT2D eigenvalue weighted by Crippen LogP contribution is 2.28. The Morgan fingerprint density at radius 3 is 2.35 bits per heavy atom. The van der Waals surface area contributed by atoms with Gasteiger partial charge in [-0.05, 0) is 48.7 Å². The largest absolute Gasteiger partial charge is 0.360 e. The lowest BCUT2D eigenvalue weighted by Crippen LogP contribution is -2.39. The maximum atomic E-state index is 13.6. The fourth-order valence-electron chi connectivity index (χ4n) is 2.77. The first-order valence-electron chi connectivity index (χ1n) is 7.76. The highest BCUT2D eigenvalue weighted by molar-refractivity contribution is 7.80. The number of thiocarbonyl (C=S) groups is 1. The average Bonchev–Trinajstić information content (AvgIpc) is 2.50. The molecule has 0 saturated carbocycles. The molecule has 0 aliphatic heterocycles. The third-order valence-electron chi connectivity index (χ3n) is 3.87. The standard InChI is InChI=1S/C19H23FN2S/c1-14(13-19(2,3)15-9-5-4-6-10-15)21-18(23)22-17-12-8-7-11-16(17)20/h4-12,14H,13H2,1-3H3,(H2,21,22,23). The molecule has 1 unspecified atom stereocenters. The van der Waals surface area contributed by atoms with Gasteiger partial charge in [0, 0.05) is 6.04 Å². The molecule has 0 heterocycles. The van der Waals surface area contributed by atoms with Gasteiger partial charge in [-0.3, -0.25) is 0 Å². The Hall–Kier alpha value is -1.94. The van der Waals surface area contributed by atoms with Crippen molar-refractivity contribution in [2.45, 2.75) is 38.6 Å². The number of hydrogen-bond acceptors (Lipinski definition) is 1. The topological polar surface area (TPSA) is 24.1 Å². The molecule has 1 atom stereocenters. The Morgan fingerprint density at radius 1 is 1.09 bits per heavy atom. The van der Waals surface area contributed by atoms with E-state index in [4.69, 9.17) is 12.2 Å². The van der Waals surface area contributed by atoms with Gasteiger partial charge in [0.1, 0.15) is 5.82 Å². The van der Waals surface area contributed by atoms with Gasteiger partial charge in [-0.2, -0.15) is 0 Å². The Labute approximate surface area is 143 Å². The third-order valence-corrected chi connectivity index (χ3v) is 4.09. The monoisotopic (exact) mass is 330 g/mol. The van der Waals surface area contributed by atoms with Crippen LogP contribution in [-0.4, -0.2) is 11.2 Å². The van der Waals surface area contributed by atoms with E-state index in [2.05, 4.69) is 55.7 Å². The molecule has 23 heavy (non-hydrogen) atoms. The Kier molecular flexibility index (Phi) is 5.72. The molecule has 0 aromatic heterocycles. The predicted molar refractivity (Wildman–Crippen MR) is 99.3 cm³/mol. The van der Waals surface area contributed by atoms with Crippen LogP contribution in [0.4, 0.5) is 10.1 Å². The van der Waals surface area contributed by atoms with Crippen LogP contribution in [0.1, 0.15) is 32.8 Å². The third kappa shape index (κ3) is 5.03. The summed E-state index contributed by atoms with van der Waals surface area (Å²) in [5.74, 6) is -0.311. The molecule has 2 aromatic carbocycles. The number of nitrogens with one attached hydrogen (secondary N) is 2. The first-order chi connectivity index (χ1) is 10.9. The van der Waals surface area contributed by atoms with E-state index < -0.39 is 0 Å². The number of para-hydroxylation sites is 1. The second-order valence-corrected chi connectivity index (χ2v) is 6.84. The lowest BCUT2D eigenvalue weighted by atomic mass is 9.79. The summed E-state index contributed by atoms with van der Waals surface area (Å²) in [4.78, 5) is 0. The van der Waals surface area contributed by atoms with Crippen LogP contribution in [0.2, 0.25) is 0 Å². The fourth-order valence-corrected chi connectivity index (χ4v) is 3.08. The zero-order valence-electron chi connectivity index (χ0n) is 13.8. The molecule has 2 rings (SSSR count). The minimum Gasteiger partial charge on any atom is -0.360 e. The van der Waals surface area contributed by atoms with Gasteiger partial charge in [0.05, 0.1) is 5.69 Å². The van der Waals surface area contributed by atoms with Crippen LogP contribution in [0.25, 0.3) is 0 Å². The maximum Gasteiger partial charge on any atom is 0.171 e. The van der Waals surface area contributed by atoms with E-state index in [1.165, 1.54) is 11.6 Å². The number of rotatable bonds is 5. The first-order valence-corrected chi connectivity index (χ1v) is 8.17. The van der Waals surface area contributed by atoms with Crippen LogP contribution in [0.15, 0.2) is 54.6 Å². The van der Waals surface area contributed by atoms with E-state index in [0.29, 0.717) is 10.8 Å². The van der Waals surface area contributed by atoms with E-state index in [9.17, 15) is 4.39 Å². The molecule has 0 spiro atoms. The van der Waals surface area contributed by atoms with Crippen molar-refractivity contribution in [2.75, 3.05) is 5.32 Å². The minimum atomic E-state index is -0.311. The van der Waals surface area contributed by atoms with Crippen molar-refractivity contribution in [1.82, 2.24) is 5.32 Å². The molecule has 2 aromatic rings. The van der Waals surface area contributed by atoms with Crippen LogP contribution in [0, 0.1) is 5.82 Å². The smallest absolute Gasteiger partial charge is 0.171 e. The second-order valence-electron chi connectivity index (χ2n) is 6.43. The lowest BCUT2D eigenvalue weighted by molar-refractivity contribution is 0.420. The van der Waals surface area contributed by atoms with Crippen LogP contribution in [-0.2, 0) is 5.41 Å². The van der Waals surface area contributed by atoms with E-state index in [1.54, 1.807) is 18.2 Å². The van der Waals surface area contributed by atoms with Gasteiger partial charge in [0.15, 0.2) is 5.11 Å². The molecule has 4 heteroatoms. The molecule has 0 fully saturated rings. The molecule has 0 amide bonds. The number of hydrogen-bond donors (Lipinski definition) is 2. The summed E-state index contributed by atoms with van der Waals surface area (Å²) in [5.41, 5.74) is 1.71. The molecule has 0 aliphatic carbocycles. The van der Waals surface area contributed by atoms with Gasteiger partial charge in [0.2, 0.25) is 0 Å². The van der Waals surface area contributed by atoms with E-state index in [1.807, 2.05) is 6.07 Å². The van der Waals surface area contributed by atoms with Crippen molar-refractivity contribution in [3.05, 3.63) is 66.0 Å². The van der Waals surface area contributed by atoms with Gasteiger partial charge >= 0.3 is 0 Å². The van der Waals surface area contributed by atoms with Crippen molar-refractivity contribution < 1.29 is 4.39 Å². The van der Waals surface area contributed by atoms with Crippen molar-refractivity contribution in [1.29, 1.82) is 0 Å². The van der Waals surface area contributed by atoms with Gasteiger partial charge < -0.3 is 10.6 Å². The quantitative estimate of drug-likeness (QED) is 0.765. The van der Waals surface area contributed by atoms with Gasteiger partial charge in [-0.15, -0.1) is 0 Å². The number of benzene rings is 2.